The zero-order valence-electron chi connectivity index (χ0n) is 20.8. The lowest BCUT2D eigenvalue weighted by atomic mass is 10.1. The van der Waals surface area contributed by atoms with Gasteiger partial charge in [-0.15, -0.1) is 0 Å². The number of hydrogen-bond donors (Lipinski definition) is 0. The predicted octanol–water partition coefficient (Wildman–Crippen LogP) is 3.26. The normalized spacial score (nSPS) is 20.2. The van der Waals surface area contributed by atoms with E-state index < -0.39 is 0 Å². The number of morpholine rings is 1. The van der Waals surface area contributed by atoms with E-state index in [1.165, 1.54) is 0 Å². The van der Waals surface area contributed by atoms with Gasteiger partial charge in [-0.2, -0.15) is 0 Å². The highest BCUT2D eigenvalue weighted by Crippen LogP contribution is 2.33. The highest BCUT2D eigenvalue weighted by Gasteiger charge is 2.29. The summed E-state index contributed by atoms with van der Waals surface area (Å²) in [6, 6.07) is 19.4. The fourth-order valence-electron chi connectivity index (χ4n) is 5.38. The van der Waals surface area contributed by atoms with Gasteiger partial charge in [0.2, 0.25) is 6.79 Å². The molecule has 0 aliphatic carbocycles. The van der Waals surface area contributed by atoms with Gasteiger partial charge in [-0.25, -0.2) is 0 Å². The van der Waals surface area contributed by atoms with Crippen LogP contribution < -0.4 is 9.47 Å². The Bertz CT molecular complexity index is 1310. The SMILES string of the molecule is O=C(c1ccc2ccccc2c1)N1CCCN(C[C@@H]2CN(C(=O)c3ccc4c(c3)OCO4)CCO2)CC1. The third-order valence-corrected chi connectivity index (χ3v) is 7.38. The summed E-state index contributed by atoms with van der Waals surface area (Å²) in [6.45, 7) is 5.66. The van der Waals surface area contributed by atoms with Crippen LogP contribution in [0.3, 0.4) is 0 Å². The Labute approximate surface area is 216 Å². The predicted molar refractivity (Wildman–Crippen MR) is 139 cm³/mol. The van der Waals surface area contributed by atoms with Crippen molar-refractivity contribution < 1.29 is 23.8 Å². The van der Waals surface area contributed by atoms with E-state index in [9.17, 15) is 9.59 Å². The van der Waals surface area contributed by atoms with Crippen LogP contribution in [0.1, 0.15) is 27.1 Å². The van der Waals surface area contributed by atoms with E-state index in [0.29, 0.717) is 43.3 Å². The molecule has 2 fully saturated rings. The van der Waals surface area contributed by atoms with Crippen molar-refractivity contribution in [3.05, 3.63) is 71.8 Å². The first-order chi connectivity index (χ1) is 18.1. The van der Waals surface area contributed by atoms with Gasteiger partial charge in [0.05, 0.1) is 12.7 Å². The van der Waals surface area contributed by atoms with Crippen LogP contribution in [0.4, 0.5) is 0 Å². The van der Waals surface area contributed by atoms with Crippen molar-refractivity contribution >= 4 is 22.6 Å². The van der Waals surface area contributed by atoms with Crippen LogP contribution >= 0.6 is 0 Å². The van der Waals surface area contributed by atoms with E-state index in [4.69, 9.17) is 14.2 Å². The molecule has 0 saturated carbocycles. The number of fused-ring (bicyclic) bond motifs is 2. The quantitative estimate of drug-likeness (QED) is 0.547. The lowest BCUT2D eigenvalue weighted by molar-refractivity contribution is -0.0353. The maximum absolute atomic E-state index is 13.2. The minimum Gasteiger partial charge on any atom is -0.454 e. The molecule has 0 spiro atoms. The Morgan fingerprint density at radius 1 is 0.757 bits per heavy atom. The second kappa shape index (κ2) is 10.4. The van der Waals surface area contributed by atoms with Crippen LogP contribution in [0.15, 0.2) is 60.7 Å². The molecule has 3 heterocycles. The molecule has 3 aliphatic heterocycles. The summed E-state index contributed by atoms with van der Waals surface area (Å²) < 4.78 is 16.8. The topological polar surface area (TPSA) is 71.6 Å². The zero-order chi connectivity index (χ0) is 25.2. The van der Waals surface area contributed by atoms with Crippen LogP contribution in [0.5, 0.6) is 11.5 Å². The van der Waals surface area contributed by atoms with E-state index in [-0.39, 0.29) is 24.7 Å². The molecular weight excluding hydrogens is 470 g/mol. The molecule has 3 aromatic rings. The number of nitrogens with zero attached hydrogens (tertiary/aromatic N) is 3. The molecule has 0 bridgehead atoms. The lowest BCUT2D eigenvalue weighted by Crippen LogP contribution is -2.50. The Kier molecular flexibility index (Phi) is 6.68. The summed E-state index contributed by atoms with van der Waals surface area (Å²) in [5.74, 6) is 1.35. The molecule has 0 unspecified atom stereocenters. The standard InChI is InChI=1S/C29H31N3O5/c33-28(23-7-6-21-4-1-2-5-22(21)16-23)31-11-3-10-30(12-13-31)18-25-19-32(14-15-35-25)29(34)24-8-9-26-27(17-24)37-20-36-26/h1-2,4-9,16-17,25H,3,10-15,18-20H2/t25-/m1/s1. The first-order valence-corrected chi connectivity index (χ1v) is 12.9. The molecule has 2 saturated heterocycles. The Hall–Kier alpha value is -3.62. The largest absolute Gasteiger partial charge is 0.454 e. The lowest BCUT2D eigenvalue weighted by Gasteiger charge is -2.35. The van der Waals surface area contributed by atoms with E-state index in [0.717, 1.165) is 48.9 Å². The van der Waals surface area contributed by atoms with E-state index >= 15 is 0 Å². The van der Waals surface area contributed by atoms with Crippen molar-refractivity contribution in [1.82, 2.24) is 14.7 Å². The van der Waals surface area contributed by atoms with Crippen molar-refractivity contribution in [2.24, 2.45) is 0 Å². The maximum atomic E-state index is 13.2. The zero-order valence-corrected chi connectivity index (χ0v) is 20.8. The summed E-state index contributed by atoms with van der Waals surface area (Å²) in [7, 11) is 0. The van der Waals surface area contributed by atoms with Gasteiger partial charge in [0.25, 0.3) is 11.8 Å². The molecule has 192 valence electrons. The molecule has 8 heteroatoms. The van der Waals surface area contributed by atoms with Crippen molar-refractivity contribution in [3.8, 4) is 11.5 Å². The summed E-state index contributed by atoms with van der Waals surface area (Å²) in [5, 5.41) is 2.22. The van der Waals surface area contributed by atoms with Crippen molar-refractivity contribution in [2.75, 3.05) is 59.2 Å². The van der Waals surface area contributed by atoms with Gasteiger partial charge in [0, 0.05) is 50.4 Å². The Morgan fingerprint density at radius 3 is 2.46 bits per heavy atom. The molecule has 8 nitrogen and oxygen atoms in total. The minimum atomic E-state index is -0.0607. The van der Waals surface area contributed by atoms with Gasteiger partial charge in [0.15, 0.2) is 11.5 Å². The molecule has 3 aromatic carbocycles. The molecule has 6 rings (SSSR count). The van der Waals surface area contributed by atoms with Crippen LogP contribution in [-0.2, 0) is 4.74 Å². The van der Waals surface area contributed by atoms with Gasteiger partial charge < -0.3 is 24.0 Å². The first-order valence-electron chi connectivity index (χ1n) is 12.9. The van der Waals surface area contributed by atoms with Crippen LogP contribution in [0.25, 0.3) is 10.8 Å². The van der Waals surface area contributed by atoms with Crippen molar-refractivity contribution in [3.63, 3.8) is 0 Å². The molecule has 1 atom stereocenters. The summed E-state index contributed by atoms with van der Waals surface area (Å²) in [4.78, 5) is 32.6. The number of amides is 2. The summed E-state index contributed by atoms with van der Waals surface area (Å²) in [5.41, 5.74) is 1.34. The molecule has 2 amide bonds. The van der Waals surface area contributed by atoms with Crippen LogP contribution in [0, 0.1) is 0 Å². The summed E-state index contributed by atoms with van der Waals surface area (Å²) >= 11 is 0. The van der Waals surface area contributed by atoms with Gasteiger partial charge >= 0.3 is 0 Å². The average Bonchev–Trinajstić information content (AvgIpc) is 3.30. The molecule has 3 aliphatic rings. The molecule has 0 aromatic heterocycles. The van der Waals surface area contributed by atoms with E-state index in [2.05, 4.69) is 11.0 Å². The van der Waals surface area contributed by atoms with Crippen molar-refractivity contribution in [2.45, 2.75) is 12.5 Å². The third-order valence-electron chi connectivity index (χ3n) is 7.38. The molecule has 0 radical (unpaired) electrons. The van der Waals surface area contributed by atoms with Crippen LogP contribution in [0.2, 0.25) is 0 Å². The van der Waals surface area contributed by atoms with E-state index in [1.807, 2.05) is 46.2 Å². The number of rotatable bonds is 4. The highest BCUT2D eigenvalue weighted by molar-refractivity contribution is 5.98. The van der Waals surface area contributed by atoms with Gasteiger partial charge in [0.1, 0.15) is 0 Å². The second-order valence-electron chi connectivity index (χ2n) is 9.82. The Balaban J connectivity index is 1.04. The number of hydrogen-bond acceptors (Lipinski definition) is 6. The van der Waals surface area contributed by atoms with Gasteiger partial charge in [-0.1, -0.05) is 30.3 Å². The molecule has 37 heavy (non-hydrogen) atoms. The highest BCUT2D eigenvalue weighted by atomic mass is 16.7. The molecule has 0 N–H and O–H groups in total. The monoisotopic (exact) mass is 501 g/mol. The number of benzene rings is 3. The van der Waals surface area contributed by atoms with E-state index in [1.54, 1.807) is 18.2 Å². The average molecular weight is 502 g/mol. The molecular formula is C29H31N3O5. The first kappa shape index (κ1) is 23.8. The Morgan fingerprint density at radius 2 is 1.54 bits per heavy atom. The fraction of sp³-hybridized carbons (Fsp3) is 0.379. The third kappa shape index (κ3) is 5.12. The number of carbonyl (C=O) groups is 2. The number of carbonyl (C=O) groups excluding carboxylic acids is 2. The van der Waals surface area contributed by atoms with Gasteiger partial charge in [-0.05, 0) is 54.1 Å². The van der Waals surface area contributed by atoms with Gasteiger partial charge in [-0.3, -0.25) is 14.5 Å². The van der Waals surface area contributed by atoms with Crippen molar-refractivity contribution in [1.29, 1.82) is 0 Å². The smallest absolute Gasteiger partial charge is 0.254 e. The minimum absolute atomic E-state index is 0.0189. The maximum Gasteiger partial charge on any atom is 0.254 e. The second-order valence-corrected chi connectivity index (χ2v) is 9.82. The fourth-order valence-corrected chi connectivity index (χ4v) is 5.38. The number of ether oxygens (including phenoxy) is 3. The summed E-state index contributed by atoms with van der Waals surface area (Å²) in [6.07, 6.45) is 0.848. The van der Waals surface area contributed by atoms with Crippen LogP contribution in [-0.4, -0.2) is 91.8 Å².